The lowest BCUT2D eigenvalue weighted by atomic mass is 9.99. The highest BCUT2D eigenvalue weighted by Gasteiger charge is 2.28. The molecule has 1 atom stereocenters. The predicted octanol–water partition coefficient (Wildman–Crippen LogP) is 3.91. The van der Waals surface area contributed by atoms with E-state index in [2.05, 4.69) is 36.9 Å². The summed E-state index contributed by atoms with van der Waals surface area (Å²) in [7, 11) is 0. The van der Waals surface area contributed by atoms with Crippen LogP contribution in [0.5, 0.6) is 0 Å². The lowest BCUT2D eigenvalue weighted by molar-refractivity contribution is 0.0790. The number of aryl methyl sites for hydroxylation is 1. The first-order valence-electron chi connectivity index (χ1n) is 7.29. The number of rotatable bonds is 2. The summed E-state index contributed by atoms with van der Waals surface area (Å²) < 4.78 is 0. The Bertz CT molecular complexity index is 654. The van der Waals surface area contributed by atoms with Crippen molar-refractivity contribution in [1.82, 2.24) is 4.90 Å². The van der Waals surface area contributed by atoms with E-state index in [1.165, 1.54) is 5.56 Å². The largest absolute Gasteiger partial charge is 0.338 e. The van der Waals surface area contributed by atoms with Crippen molar-refractivity contribution in [3.8, 4) is 0 Å². The van der Waals surface area contributed by atoms with Crippen LogP contribution in [-0.4, -0.2) is 23.9 Å². The van der Waals surface area contributed by atoms with E-state index in [1.807, 2.05) is 36.1 Å². The molecular weight excluding hydrogens is 278 g/mol. The van der Waals surface area contributed by atoms with Gasteiger partial charge in [0.15, 0.2) is 0 Å². The summed E-state index contributed by atoms with van der Waals surface area (Å²) in [5, 5.41) is 0. The third-order valence-corrected chi connectivity index (χ3v) is 4.48. The molecule has 1 unspecified atom stereocenters. The van der Waals surface area contributed by atoms with Gasteiger partial charge in [0.1, 0.15) is 0 Å². The number of likely N-dealkylation sites (tertiary alicyclic amines) is 1. The normalized spacial score (nSPS) is 18.0. The summed E-state index contributed by atoms with van der Waals surface area (Å²) in [6.45, 7) is 3.61. The van der Waals surface area contributed by atoms with Gasteiger partial charge >= 0.3 is 0 Å². The molecule has 1 saturated heterocycles. The van der Waals surface area contributed by atoms with E-state index < -0.39 is 0 Å². The average molecular weight is 297 g/mol. The number of nitrogens with zero attached hydrogens (tertiary/aromatic N) is 1. The molecule has 1 amide bonds. The summed E-state index contributed by atoms with van der Waals surface area (Å²) in [6, 6.07) is 16.2. The fourth-order valence-electron chi connectivity index (χ4n) is 2.95. The van der Waals surface area contributed by atoms with Crippen LogP contribution in [0.4, 0.5) is 0 Å². The molecule has 0 radical (unpaired) electrons. The van der Waals surface area contributed by atoms with Crippen molar-refractivity contribution in [3.63, 3.8) is 0 Å². The quantitative estimate of drug-likeness (QED) is 0.833. The molecule has 21 heavy (non-hydrogen) atoms. The Kier molecular flexibility index (Phi) is 4.02. The second-order valence-electron chi connectivity index (χ2n) is 5.65. The van der Waals surface area contributed by atoms with Crippen LogP contribution in [0.1, 0.15) is 33.8 Å². The molecule has 3 heteroatoms. The van der Waals surface area contributed by atoms with Gasteiger partial charge in [0.2, 0.25) is 0 Å². The minimum Gasteiger partial charge on any atom is -0.338 e. The van der Waals surface area contributed by atoms with E-state index in [4.69, 9.17) is 0 Å². The number of hydrogen-bond donors (Lipinski definition) is 1. The molecule has 3 rings (SSSR count). The zero-order chi connectivity index (χ0) is 14.8. The number of carbonyl (C=O) groups is 1. The lowest BCUT2D eigenvalue weighted by Gasteiger charge is -2.18. The maximum Gasteiger partial charge on any atom is 0.254 e. The van der Waals surface area contributed by atoms with Crippen LogP contribution < -0.4 is 0 Å². The summed E-state index contributed by atoms with van der Waals surface area (Å²) in [5.41, 5.74) is 3.12. The molecule has 0 aromatic heterocycles. The van der Waals surface area contributed by atoms with E-state index in [0.717, 1.165) is 35.5 Å². The zero-order valence-corrected chi connectivity index (χ0v) is 13.0. The van der Waals surface area contributed by atoms with Gasteiger partial charge in [-0.3, -0.25) is 4.79 Å². The van der Waals surface area contributed by atoms with Gasteiger partial charge in [-0.15, -0.1) is 12.6 Å². The molecule has 2 aromatic rings. The van der Waals surface area contributed by atoms with E-state index in [0.29, 0.717) is 5.92 Å². The van der Waals surface area contributed by atoms with Crippen molar-refractivity contribution < 1.29 is 4.79 Å². The third kappa shape index (κ3) is 2.98. The van der Waals surface area contributed by atoms with Crippen molar-refractivity contribution in [2.75, 3.05) is 13.1 Å². The molecule has 1 fully saturated rings. The molecule has 0 aliphatic carbocycles. The Hall–Kier alpha value is -1.74. The van der Waals surface area contributed by atoms with Gasteiger partial charge in [-0.2, -0.15) is 0 Å². The first kappa shape index (κ1) is 14.2. The van der Waals surface area contributed by atoms with Crippen LogP contribution in [0, 0.1) is 6.92 Å². The van der Waals surface area contributed by atoms with Crippen LogP contribution in [0.3, 0.4) is 0 Å². The van der Waals surface area contributed by atoms with Crippen LogP contribution in [0.25, 0.3) is 0 Å². The molecule has 1 aliphatic heterocycles. The predicted molar refractivity (Wildman–Crippen MR) is 88.1 cm³/mol. The number of benzene rings is 2. The van der Waals surface area contributed by atoms with Crippen LogP contribution in [0.2, 0.25) is 0 Å². The van der Waals surface area contributed by atoms with E-state index >= 15 is 0 Å². The Morgan fingerprint density at radius 1 is 1.19 bits per heavy atom. The highest BCUT2D eigenvalue weighted by molar-refractivity contribution is 7.80. The maximum atomic E-state index is 12.7. The van der Waals surface area contributed by atoms with Gasteiger partial charge in [0.05, 0.1) is 0 Å². The number of amides is 1. The topological polar surface area (TPSA) is 20.3 Å². The van der Waals surface area contributed by atoms with Gasteiger partial charge < -0.3 is 4.90 Å². The lowest BCUT2D eigenvalue weighted by Crippen LogP contribution is -2.29. The molecule has 1 heterocycles. The van der Waals surface area contributed by atoms with Gasteiger partial charge in [0, 0.05) is 29.5 Å². The molecule has 2 aromatic carbocycles. The summed E-state index contributed by atoms with van der Waals surface area (Å²) in [6.07, 6.45) is 1.04. The van der Waals surface area contributed by atoms with E-state index in [-0.39, 0.29) is 5.91 Å². The Morgan fingerprint density at radius 2 is 1.95 bits per heavy atom. The molecular formula is C18H19NOS. The fraction of sp³-hybridized carbons (Fsp3) is 0.278. The average Bonchev–Trinajstić information content (AvgIpc) is 3.00. The summed E-state index contributed by atoms with van der Waals surface area (Å²) in [5.74, 6) is 0.580. The van der Waals surface area contributed by atoms with Crippen molar-refractivity contribution in [3.05, 3.63) is 65.2 Å². The van der Waals surface area contributed by atoms with Gasteiger partial charge in [-0.05, 0) is 36.6 Å². The number of hydrogen-bond acceptors (Lipinski definition) is 2. The number of carbonyl (C=O) groups excluding carboxylic acids is 1. The standard InChI is InChI=1S/C18H19NOS/c1-13-7-8-16(21)11-17(13)18(20)19-10-9-15(12-19)14-5-3-2-4-6-14/h2-8,11,15,21H,9-10,12H2,1H3. The Morgan fingerprint density at radius 3 is 2.71 bits per heavy atom. The minimum absolute atomic E-state index is 0.127. The van der Waals surface area contributed by atoms with Crippen molar-refractivity contribution in [1.29, 1.82) is 0 Å². The molecule has 0 bridgehead atoms. The first-order valence-corrected chi connectivity index (χ1v) is 7.73. The second-order valence-corrected chi connectivity index (χ2v) is 6.16. The third-order valence-electron chi connectivity index (χ3n) is 4.20. The monoisotopic (exact) mass is 297 g/mol. The molecule has 0 saturated carbocycles. The second kappa shape index (κ2) is 5.94. The molecule has 108 valence electrons. The molecule has 1 aliphatic rings. The van der Waals surface area contributed by atoms with Gasteiger partial charge in [0.25, 0.3) is 5.91 Å². The minimum atomic E-state index is 0.127. The van der Waals surface area contributed by atoms with E-state index in [1.54, 1.807) is 0 Å². The van der Waals surface area contributed by atoms with Crippen LogP contribution >= 0.6 is 12.6 Å². The highest BCUT2D eigenvalue weighted by atomic mass is 32.1. The van der Waals surface area contributed by atoms with Gasteiger partial charge in [-0.1, -0.05) is 36.4 Å². The molecule has 2 nitrogen and oxygen atoms in total. The summed E-state index contributed by atoms with van der Waals surface area (Å²) >= 11 is 4.34. The first-order chi connectivity index (χ1) is 10.1. The van der Waals surface area contributed by atoms with Crippen molar-refractivity contribution in [2.24, 2.45) is 0 Å². The van der Waals surface area contributed by atoms with Gasteiger partial charge in [-0.25, -0.2) is 0 Å². The van der Waals surface area contributed by atoms with Crippen LogP contribution in [0.15, 0.2) is 53.4 Å². The van der Waals surface area contributed by atoms with Crippen molar-refractivity contribution >= 4 is 18.5 Å². The smallest absolute Gasteiger partial charge is 0.254 e. The van der Waals surface area contributed by atoms with E-state index in [9.17, 15) is 4.79 Å². The molecule has 0 N–H and O–H groups in total. The maximum absolute atomic E-state index is 12.7. The Balaban J connectivity index is 1.77. The van der Waals surface area contributed by atoms with Crippen molar-refractivity contribution in [2.45, 2.75) is 24.2 Å². The molecule has 0 spiro atoms. The SMILES string of the molecule is Cc1ccc(S)cc1C(=O)N1CCC(c2ccccc2)C1. The summed E-state index contributed by atoms with van der Waals surface area (Å²) in [4.78, 5) is 15.5. The van der Waals surface area contributed by atoms with Crippen LogP contribution in [-0.2, 0) is 0 Å². The number of thiol groups is 1. The Labute approximate surface area is 131 Å². The highest BCUT2D eigenvalue weighted by Crippen LogP contribution is 2.28. The zero-order valence-electron chi connectivity index (χ0n) is 12.1. The fourth-order valence-corrected chi connectivity index (χ4v) is 3.16.